The van der Waals surface area contributed by atoms with E-state index in [2.05, 4.69) is 64.5 Å². The predicted molar refractivity (Wildman–Crippen MR) is 112 cm³/mol. The number of pyridine rings is 1. The normalized spacial score (nSPS) is 13.2. The Hall–Kier alpha value is -3.53. The van der Waals surface area contributed by atoms with Crippen LogP contribution in [0.5, 0.6) is 11.5 Å². The molecular weight excluding hydrogens is 348 g/mol. The lowest BCUT2D eigenvalue weighted by atomic mass is 10.0. The summed E-state index contributed by atoms with van der Waals surface area (Å²) in [5.74, 6) is 1.73. The molecule has 0 radical (unpaired) electrons. The van der Waals surface area contributed by atoms with Gasteiger partial charge in [-0.25, -0.2) is 0 Å². The van der Waals surface area contributed by atoms with Crippen LogP contribution in [0.2, 0.25) is 0 Å². The van der Waals surface area contributed by atoms with Gasteiger partial charge in [-0.05, 0) is 53.6 Å². The molecule has 1 aliphatic rings. The zero-order valence-electron chi connectivity index (χ0n) is 16.1. The lowest BCUT2D eigenvalue weighted by molar-refractivity contribution is -0.595. The zero-order valence-corrected chi connectivity index (χ0v) is 16.1. The quantitative estimate of drug-likeness (QED) is 0.622. The highest BCUT2D eigenvalue weighted by Crippen LogP contribution is 2.24. The summed E-state index contributed by atoms with van der Waals surface area (Å²) >= 11 is 0. The van der Waals surface area contributed by atoms with Gasteiger partial charge in [-0.15, -0.1) is 0 Å². The highest BCUT2D eigenvalue weighted by molar-refractivity contribution is 5.76. The first kappa shape index (κ1) is 17.9. The van der Waals surface area contributed by atoms with Gasteiger partial charge in [-0.2, -0.15) is 4.57 Å². The van der Waals surface area contributed by atoms with Crippen LogP contribution in [0, 0.1) is 0 Å². The Labute approximate surface area is 165 Å². The summed E-state index contributed by atoms with van der Waals surface area (Å²) in [5, 5.41) is 0. The van der Waals surface area contributed by atoms with Crippen LogP contribution >= 0.6 is 0 Å². The zero-order chi connectivity index (χ0) is 19.3. The SMILES string of the molecule is COc1ccc(N2C=CC(c3cc[n+](-c4ccc(OC)cc4)cc3)=CC2)cc1. The van der Waals surface area contributed by atoms with Crippen LogP contribution in [0.15, 0.2) is 91.4 Å². The molecule has 3 aromatic rings. The second-order valence-electron chi connectivity index (χ2n) is 6.52. The first-order valence-electron chi connectivity index (χ1n) is 9.22. The molecule has 0 N–H and O–H groups in total. The molecule has 2 heterocycles. The second kappa shape index (κ2) is 8.01. The fourth-order valence-corrected chi connectivity index (χ4v) is 3.22. The minimum atomic E-state index is 0.839. The summed E-state index contributed by atoms with van der Waals surface area (Å²) < 4.78 is 12.5. The van der Waals surface area contributed by atoms with E-state index in [0.717, 1.165) is 29.4 Å². The first-order valence-corrected chi connectivity index (χ1v) is 9.22. The van der Waals surface area contributed by atoms with Crippen LogP contribution in [-0.4, -0.2) is 20.8 Å². The molecule has 0 saturated carbocycles. The van der Waals surface area contributed by atoms with E-state index < -0.39 is 0 Å². The summed E-state index contributed by atoms with van der Waals surface area (Å²) in [6, 6.07) is 20.4. The molecule has 0 fully saturated rings. The molecule has 0 atom stereocenters. The molecule has 1 aromatic heterocycles. The van der Waals surface area contributed by atoms with Gasteiger partial charge in [-0.3, -0.25) is 0 Å². The predicted octanol–water partition coefficient (Wildman–Crippen LogP) is 4.40. The number of nitrogens with zero attached hydrogens (tertiary/aromatic N) is 2. The fourth-order valence-electron chi connectivity index (χ4n) is 3.22. The number of hydrogen-bond donors (Lipinski definition) is 0. The summed E-state index contributed by atoms with van der Waals surface area (Å²) in [7, 11) is 3.36. The lowest BCUT2D eigenvalue weighted by Gasteiger charge is -2.23. The minimum absolute atomic E-state index is 0.839. The van der Waals surface area contributed by atoms with Crippen molar-refractivity contribution in [2.45, 2.75) is 0 Å². The van der Waals surface area contributed by atoms with Crippen molar-refractivity contribution in [3.8, 4) is 17.2 Å². The Kier molecular flexibility index (Phi) is 5.11. The van der Waals surface area contributed by atoms with Gasteiger partial charge in [0.15, 0.2) is 12.4 Å². The number of benzene rings is 2. The van der Waals surface area contributed by atoms with E-state index in [0.29, 0.717) is 0 Å². The smallest absolute Gasteiger partial charge is 0.210 e. The third-order valence-electron chi connectivity index (χ3n) is 4.88. The average Bonchev–Trinajstić information content (AvgIpc) is 2.79. The van der Waals surface area contributed by atoms with E-state index in [-0.39, 0.29) is 0 Å². The van der Waals surface area contributed by atoms with Crippen LogP contribution in [-0.2, 0) is 0 Å². The summed E-state index contributed by atoms with van der Waals surface area (Å²) in [6.45, 7) is 0.839. The molecule has 0 aliphatic carbocycles. The van der Waals surface area contributed by atoms with E-state index in [1.165, 1.54) is 11.1 Å². The second-order valence-corrected chi connectivity index (χ2v) is 6.52. The molecule has 28 heavy (non-hydrogen) atoms. The van der Waals surface area contributed by atoms with Gasteiger partial charge in [0.2, 0.25) is 5.69 Å². The van der Waals surface area contributed by atoms with Crippen molar-refractivity contribution < 1.29 is 14.0 Å². The van der Waals surface area contributed by atoms with Gasteiger partial charge in [0.25, 0.3) is 0 Å². The summed E-state index contributed by atoms with van der Waals surface area (Å²) in [6.07, 6.45) is 10.7. The molecule has 0 saturated heterocycles. The van der Waals surface area contributed by atoms with Crippen LogP contribution in [0.1, 0.15) is 5.56 Å². The maximum atomic E-state index is 5.23. The third-order valence-corrected chi connectivity index (χ3v) is 4.88. The Morgan fingerprint density at radius 3 is 1.93 bits per heavy atom. The van der Waals surface area contributed by atoms with Crippen LogP contribution in [0.3, 0.4) is 0 Å². The van der Waals surface area contributed by atoms with Crippen molar-refractivity contribution >= 4 is 11.3 Å². The molecule has 4 heteroatoms. The molecule has 4 nitrogen and oxygen atoms in total. The molecule has 140 valence electrons. The number of hydrogen-bond acceptors (Lipinski definition) is 3. The Morgan fingerprint density at radius 2 is 1.39 bits per heavy atom. The molecule has 4 rings (SSSR count). The Bertz CT molecular complexity index is 988. The van der Waals surface area contributed by atoms with Crippen molar-refractivity contribution in [3.63, 3.8) is 0 Å². The van der Waals surface area contributed by atoms with Crippen molar-refractivity contribution in [1.82, 2.24) is 0 Å². The van der Waals surface area contributed by atoms with Gasteiger partial charge in [0, 0.05) is 42.7 Å². The van der Waals surface area contributed by atoms with Crippen LogP contribution in [0.4, 0.5) is 5.69 Å². The van der Waals surface area contributed by atoms with E-state index in [9.17, 15) is 0 Å². The fraction of sp³-hybridized carbons (Fsp3) is 0.125. The van der Waals surface area contributed by atoms with Crippen LogP contribution < -0.4 is 18.9 Å². The van der Waals surface area contributed by atoms with E-state index in [1.807, 2.05) is 36.4 Å². The number of aromatic nitrogens is 1. The topological polar surface area (TPSA) is 25.6 Å². The highest BCUT2D eigenvalue weighted by atomic mass is 16.5. The Morgan fingerprint density at radius 1 is 0.786 bits per heavy atom. The monoisotopic (exact) mass is 371 g/mol. The molecular formula is C24H23N2O2+. The van der Waals surface area contributed by atoms with Crippen molar-refractivity contribution in [2.75, 3.05) is 25.7 Å². The van der Waals surface area contributed by atoms with Gasteiger partial charge in [-0.1, -0.05) is 6.08 Å². The number of rotatable bonds is 5. The van der Waals surface area contributed by atoms with Gasteiger partial charge >= 0.3 is 0 Å². The van der Waals surface area contributed by atoms with Crippen LogP contribution in [0.25, 0.3) is 11.3 Å². The molecule has 1 aliphatic heterocycles. The first-order chi connectivity index (χ1) is 13.8. The molecule has 2 aromatic carbocycles. The molecule has 0 spiro atoms. The highest BCUT2D eigenvalue weighted by Gasteiger charge is 2.11. The van der Waals surface area contributed by atoms with Gasteiger partial charge < -0.3 is 14.4 Å². The van der Waals surface area contributed by atoms with E-state index >= 15 is 0 Å². The van der Waals surface area contributed by atoms with Crippen molar-refractivity contribution in [3.05, 3.63) is 97.0 Å². The summed E-state index contributed by atoms with van der Waals surface area (Å²) in [5.41, 5.74) is 4.69. The van der Waals surface area contributed by atoms with Crippen molar-refractivity contribution in [1.29, 1.82) is 0 Å². The molecule has 0 amide bonds. The lowest BCUT2D eigenvalue weighted by Crippen LogP contribution is -2.29. The minimum Gasteiger partial charge on any atom is -0.497 e. The van der Waals surface area contributed by atoms with Gasteiger partial charge in [0.05, 0.1) is 14.2 Å². The number of ether oxygens (including phenoxy) is 2. The Balaban J connectivity index is 1.46. The number of anilines is 1. The number of allylic oxidation sites excluding steroid dienone is 2. The van der Waals surface area contributed by atoms with Gasteiger partial charge in [0.1, 0.15) is 11.5 Å². The average molecular weight is 371 g/mol. The standard InChI is InChI=1S/C24H23N2O2/c1-27-23-7-3-21(4-8-23)25-15-11-19(12-16-25)20-13-17-26(18-14-20)22-5-9-24(28-2)10-6-22/h3-17H,18H2,1-2H3/q+1. The summed E-state index contributed by atoms with van der Waals surface area (Å²) in [4.78, 5) is 2.21. The van der Waals surface area contributed by atoms with E-state index in [1.54, 1.807) is 14.2 Å². The van der Waals surface area contributed by atoms with Crippen molar-refractivity contribution in [2.24, 2.45) is 0 Å². The van der Waals surface area contributed by atoms with E-state index in [4.69, 9.17) is 9.47 Å². The molecule has 0 unspecified atom stereocenters. The maximum absolute atomic E-state index is 5.23. The maximum Gasteiger partial charge on any atom is 0.210 e. The largest absolute Gasteiger partial charge is 0.497 e. The third kappa shape index (κ3) is 3.76. The molecule has 0 bridgehead atoms. The number of methoxy groups -OCH3 is 2.